The molecule has 76 valence electrons. The smallest absolute Gasteiger partial charge is 0.120 e. The summed E-state index contributed by atoms with van der Waals surface area (Å²) in [5.74, 6) is 0.897. The molecule has 0 fully saturated rings. The molecule has 2 nitrogen and oxygen atoms in total. The Morgan fingerprint density at radius 3 is 2.43 bits per heavy atom. The van der Waals surface area contributed by atoms with Crippen molar-refractivity contribution in [1.82, 2.24) is 0 Å². The number of aldehydes is 1. The summed E-state index contributed by atoms with van der Waals surface area (Å²) in [5.41, 5.74) is 2.41. The third-order valence-electron chi connectivity index (χ3n) is 1.93. The summed E-state index contributed by atoms with van der Waals surface area (Å²) >= 11 is 0. The first kappa shape index (κ1) is 10.8. The molecule has 0 radical (unpaired) electrons. The number of benzene rings is 1. The number of hydrogen-bond acceptors (Lipinski definition) is 2. The Bertz CT molecular complexity index is 285. The summed E-state index contributed by atoms with van der Waals surface area (Å²) in [4.78, 5) is 10.1. The highest BCUT2D eigenvalue weighted by atomic mass is 16.5. The van der Waals surface area contributed by atoms with Crippen LogP contribution in [0.15, 0.2) is 18.2 Å². The van der Waals surface area contributed by atoms with Crippen molar-refractivity contribution in [1.29, 1.82) is 0 Å². The Hall–Kier alpha value is -1.31. The number of ether oxygens (including phenoxy) is 1. The fraction of sp³-hybridized carbons (Fsp3) is 0.417. The maximum absolute atomic E-state index is 10.1. The third kappa shape index (κ3) is 3.60. The van der Waals surface area contributed by atoms with Gasteiger partial charge in [-0.1, -0.05) is 6.07 Å². The Kier molecular flexibility index (Phi) is 4.17. The summed E-state index contributed by atoms with van der Waals surface area (Å²) in [5, 5.41) is 0. The third-order valence-corrected chi connectivity index (χ3v) is 1.93. The van der Waals surface area contributed by atoms with Gasteiger partial charge >= 0.3 is 0 Å². The van der Waals surface area contributed by atoms with Gasteiger partial charge < -0.3 is 9.53 Å². The maximum atomic E-state index is 10.1. The van der Waals surface area contributed by atoms with Crippen LogP contribution in [0.1, 0.15) is 24.0 Å². The van der Waals surface area contributed by atoms with Gasteiger partial charge in [-0.2, -0.15) is 0 Å². The summed E-state index contributed by atoms with van der Waals surface area (Å²) in [6, 6.07) is 6.13. The zero-order chi connectivity index (χ0) is 10.4. The molecule has 0 saturated heterocycles. The molecular formula is C12H16O2. The van der Waals surface area contributed by atoms with Gasteiger partial charge in [0, 0.05) is 6.42 Å². The molecule has 0 aromatic heterocycles. The van der Waals surface area contributed by atoms with Crippen LogP contribution in [-0.2, 0) is 4.79 Å². The topological polar surface area (TPSA) is 26.3 Å². The summed E-state index contributed by atoms with van der Waals surface area (Å²) in [7, 11) is 0. The zero-order valence-electron chi connectivity index (χ0n) is 8.75. The van der Waals surface area contributed by atoms with Crippen LogP contribution in [0.3, 0.4) is 0 Å². The average molecular weight is 192 g/mol. The Morgan fingerprint density at radius 2 is 1.86 bits per heavy atom. The molecule has 0 aliphatic carbocycles. The molecule has 0 aliphatic heterocycles. The van der Waals surface area contributed by atoms with Crippen LogP contribution in [0, 0.1) is 13.8 Å². The van der Waals surface area contributed by atoms with E-state index >= 15 is 0 Å². The minimum absolute atomic E-state index is 0.574. The Labute approximate surface area is 84.9 Å². The van der Waals surface area contributed by atoms with Crippen molar-refractivity contribution in [2.45, 2.75) is 26.7 Å². The van der Waals surface area contributed by atoms with E-state index in [1.165, 1.54) is 11.1 Å². The molecule has 2 heteroatoms. The van der Waals surface area contributed by atoms with Gasteiger partial charge in [0.25, 0.3) is 0 Å². The van der Waals surface area contributed by atoms with E-state index in [0.717, 1.165) is 18.5 Å². The Balaban J connectivity index is 2.46. The van der Waals surface area contributed by atoms with Crippen molar-refractivity contribution in [3.05, 3.63) is 29.3 Å². The quantitative estimate of drug-likeness (QED) is 0.529. The lowest BCUT2D eigenvalue weighted by Gasteiger charge is -2.06. The van der Waals surface area contributed by atoms with E-state index < -0.39 is 0 Å². The number of hydrogen-bond donors (Lipinski definition) is 0. The largest absolute Gasteiger partial charge is 0.494 e. The first-order valence-corrected chi connectivity index (χ1v) is 4.87. The van der Waals surface area contributed by atoms with Crippen LogP contribution in [0.25, 0.3) is 0 Å². The number of aryl methyl sites for hydroxylation is 2. The van der Waals surface area contributed by atoms with Crippen molar-refractivity contribution in [2.24, 2.45) is 0 Å². The second-order valence-electron chi connectivity index (χ2n) is 3.48. The van der Waals surface area contributed by atoms with Crippen molar-refractivity contribution in [2.75, 3.05) is 6.61 Å². The fourth-order valence-electron chi connectivity index (χ4n) is 1.37. The number of unbranched alkanes of at least 4 members (excludes halogenated alkanes) is 1. The molecule has 0 atom stereocenters. The van der Waals surface area contributed by atoms with E-state index in [2.05, 4.69) is 6.07 Å². The standard InChI is InChI=1S/C12H16O2/c1-10-7-11(2)9-12(8-10)14-6-4-3-5-13/h5,7-9H,3-4,6H2,1-2H3. The lowest BCUT2D eigenvalue weighted by molar-refractivity contribution is -0.108. The van der Waals surface area contributed by atoms with Crippen LogP contribution in [0.5, 0.6) is 5.75 Å². The van der Waals surface area contributed by atoms with E-state index in [1.54, 1.807) is 0 Å². The molecule has 0 amide bonds. The molecule has 0 heterocycles. The summed E-state index contributed by atoms with van der Waals surface area (Å²) in [6.45, 7) is 4.71. The van der Waals surface area contributed by atoms with Crippen molar-refractivity contribution < 1.29 is 9.53 Å². The van der Waals surface area contributed by atoms with Gasteiger partial charge in [-0.15, -0.1) is 0 Å². The van der Waals surface area contributed by atoms with E-state index in [-0.39, 0.29) is 0 Å². The van der Waals surface area contributed by atoms with E-state index in [9.17, 15) is 4.79 Å². The summed E-state index contributed by atoms with van der Waals surface area (Å²) in [6.07, 6.45) is 2.28. The predicted molar refractivity (Wildman–Crippen MR) is 56.7 cm³/mol. The second kappa shape index (κ2) is 5.43. The van der Waals surface area contributed by atoms with Gasteiger partial charge in [0.05, 0.1) is 6.61 Å². The van der Waals surface area contributed by atoms with Gasteiger partial charge in [-0.3, -0.25) is 0 Å². The Morgan fingerprint density at radius 1 is 1.21 bits per heavy atom. The maximum Gasteiger partial charge on any atom is 0.120 e. The van der Waals surface area contributed by atoms with Gasteiger partial charge in [-0.05, 0) is 43.5 Å². The molecule has 1 aromatic rings. The lowest BCUT2D eigenvalue weighted by Crippen LogP contribution is -1.98. The first-order chi connectivity index (χ1) is 6.72. The molecule has 14 heavy (non-hydrogen) atoms. The molecule has 0 bridgehead atoms. The number of carbonyl (C=O) groups excluding carboxylic acids is 1. The monoisotopic (exact) mass is 192 g/mol. The van der Waals surface area contributed by atoms with Gasteiger partial charge in [0.15, 0.2) is 0 Å². The summed E-state index contributed by atoms with van der Waals surface area (Å²) < 4.78 is 5.51. The van der Waals surface area contributed by atoms with Crippen molar-refractivity contribution in [3.8, 4) is 5.75 Å². The predicted octanol–water partition coefficient (Wildman–Crippen LogP) is 2.66. The minimum Gasteiger partial charge on any atom is -0.494 e. The average Bonchev–Trinajstić information content (AvgIpc) is 2.11. The van der Waals surface area contributed by atoms with Crippen molar-refractivity contribution in [3.63, 3.8) is 0 Å². The van der Waals surface area contributed by atoms with Crippen molar-refractivity contribution >= 4 is 6.29 Å². The number of rotatable bonds is 5. The minimum atomic E-state index is 0.574. The highest BCUT2D eigenvalue weighted by Gasteiger charge is 1.96. The highest BCUT2D eigenvalue weighted by Crippen LogP contribution is 2.16. The van der Waals surface area contributed by atoms with Crippen LogP contribution in [-0.4, -0.2) is 12.9 Å². The van der Waals surface area contributed by atoms with Crippen LogP contribution >= 0.6 is 0 Å². The van der Waals surface area contributed by atoms with Crippen LogP contribution in [0.4, 0.5) is 0 Å². The fourth-order valence-corrected chi connectivity index (χ4v) is 1.37. The molecule has 1 aromatic carbocycles. The molecule has 0 aliphatic rings. The molecule has 0 spiro atoms. The van der Waals surface area contributed by atoms with Gasteiger partial charge in [-0.25, -0.2) is 0 Å². The normalized spacial score (nSPS) is 9.86. The molecular weight excluding hydrogens is 176 g/mol. The zero-order valence-corrected chi connectivity index (χ0v) is 8.75. The van der Waals surface area contributed by atoms with E-state index in [0.29, 0.717) is 13.0 Å². The molecule has 1 rings (SSSR count). The van der Waals surface area contributed by atoms with Crippen LogP contribution in [0.2, 0.25) is 0 Å². The first-order valence-electron chi connectivity index (χ1n) is 4.87. The lowest BCUT2D eigenvalue weighted by atomic mass is 10.1. The van der Waals surface area contributed by atoms with E-state index in [4.69, 9.17) is 4.74 Å². The molecule has 0 N–H and O–H groups in total. The highest BCUT2D eigenvalue weighted by molar-refractivity contribution is 5.49. The van der Waals surface area contributed by atoms with E-state index in [1.807, 2.05) is 26.0 Å². The number of carbonyl (C=O) groups is 1. The molecule has 0 saturated carbocycles. The SMILES string of the molecule is Cc1cc(C)cc(OCCCC=O)c1. The molecule has 0 unspecified atom stereocenters. The second-order valence-corrected chi connectivity index (χ2v) is 3.48. The van der Waals surface area contributed by atoms with Crippen LogP contribution < -0.4 is 4.74 Å². The van der Waals surface area contributed by atoms with Gasteiger partial charge in [0.1, 0.15) is 12.0 Å². The van der Waals surface area contributed by atoms with Gasteiger partial charge in [0.2, 0.25) is 0 Å².